The monoisotopic (exact) mass is 419 g/mol. The van der Waals surface area contributed by atoms with Crippen LogP contribution in [0.25, 0.3) is 0 Å². The maximum absolute atomic E-state index is 12.3. The first-order valence-electron chi connectivity index (χ1n) is 8.40. The molecule has 0 aliphatic carbocycles. The van der Waals surface area contributed by atoms with Crippen LogP contribution in [-0.2, 0) is 14.2 Å². The Morgan fingerprint density at radius 2 is 1.54 bits per heavy atom. The van der Waals surface area contributed by atoms with Crippen molar-refractivity contribution in [3.05, 3.63) is 69.7 Å². The van der Waals surface area contributed by atoms with E-state index in [4.69, 9.17) is 42.7 Å². The first-order valence-corrected chi connectivity index (χ1v) is 9.16. The Kier molecular flexibility index (Phi) is 6.53. The number of benzene rings is 2. The third kappa shape index (κ3) is 5.02. The van der Waals surface area contributed by atoms with Crippen molar-refractivity contribution in [2.75, 3.05) is 6.61 Å². The average Bonchev–Trinajstić information content (AvgIpc) is 3.09. The van der Waals surface area contributed by atoms with Gasteiger partial charge in [-0.3, -0.25) is 0 Å². The van der Waals surface area contributed by atoms with Crippen LogP contribution in [0, 0.1) is 11.3 Å². The van der Waals surface area contributed by atoms with Gasteiger partial charge in [0, 0.05) is 16.5 Å². The topological polar surface area (TPSA) is 85.6 Å². The molecule has 3 rings (SSSR count). The van der Waals surface area contributed by atoms with Crippen LogP contribution in [0.4, 0.5) is 0 Å². The van der Waals surface area contributed by atoms with Crippen molar-refractivity contribution in [1.29, 1.82) is 5.26 Å². The lowest BCUT2D eigenvalue weighted by Crippen LogP contribution is -2.32. The Hall–Kier alpha value is -2.59. The molecule has 8 heteroatoms. The second-order valence-corrected chi connectivity index (χ2v) is 6.96. The summed E-state index contributed by atoms with van der Waals surface area (Å²) in [6.07, 6.45) is -2.01. The van der Waals surface area contributed by atoms with Crippen molar-refractivity contribution in [3.63, 3.8) is 0 Å². The van der Waals surface area contributed by atoms with Crippen molar-refractivity contribution >= 4 is 35.1 Å². The number of carbonyl (C=O) groups is 2. The van der Waals surface area contributed by atoms with Gasteiger partial charge in [-0.05, 0) is 48.5 Å². The molecule has 0 amide bonds. The summed E-state index contributed by atoms with van der Waals surface area (Å²) in [7, 11) is 0. The van der Waals surface area contributed by atoms with Gasteiger partial charge < -0.3 is 14.2 Å². The van der Waals surface area contributed by atoms with Gasteiger partial charge in [-0.25, -0.2) is 9.59 Å². The zero-order valence-corrected chi connectivity index (χ0v) is 16.0. The zero-order chi connectivity index (χ0) is 20.1. The van der Waals surface area contributed by atoms with Crippen molar-refractivity contribution in [2.45, 2.75) is 24.7 Å². The number of carbonyl (C=O) groups excluding carboxylic acids is 2. The molecule has 2 aromatic carbocycles. The van der Waals surface area contributed by atoms with E-state index in [1.54, 1.807) is 24.3 Å². The fourth-order valence-corrected chi connectivity index (χ4v) is 2.94. The van der Waals surface area contributed by atoms with E-state index in [-0.39, 0.29) is 13.0 Å². The van der Waals surface area contributed by atoms with Gasteiger partial charge in [0.1, 0.15) is 24.9 Å². The van der Waals surface area contributed by atoms with E-state index < -0.39 is 30.3 Å². The minimum atomic E-state index is -0.748. The SMILES string of the molecule is N#C[C@H]1C[C@@H](OC(=O)c2ccc(Cl)cc2)[C@@H](COC(=O)c2ccc(Cl)cc2)O1. The van der Waals surface area contributed by atoms with Gasteiger partial charge in [0.15, 0.2) is 0 Å². The highest BCUT2D eigenvalue weighted by Crippen LogP contribution is 2.25. The Bertz CT molecular complexity index is 892. The number of ether oxygens (including phenoxy) is 3. The predicted octanol–water partition coefficient (Wildman–Crippen LogP) is 4.06. The van der Waals surface area contributed by atoms with Crippen LogP contribution < -0.4 is 0 Å². The van der Waals surface area contributed by atoms with Crippen molar-refractivity contribution < 1.29 is 23.8 Å². The number of halogens is 2. The summed E-state index contributed by atoms with van der Waals surface area (Å²) in [5.74, 6) is -1.14. The third-order valence-electron chi connectivity index (χ3n) is 4.14. The molecule has 0 bridgehead atoms. The molecule has 1 heterocycles. The average molecular weight is 420 g/mol. The van der Waals surface area contributed by atoms with Gasteiger partial charge in [0.05, 0.1) is 17.2 Å². The van der Waals surface area contributed by atoms with Gasteiger partial charge in [-0.2, -0.15) is 5.26 Å². The second kappa shape index (κ2) is 9.07. The zero-order valence-electron chi connectivity index (χ0n) is 14.5. The number of esters is 2. The highest BCUT2D eigenvalue weighted by Gasteiger charge is 2.39. The molecule has 0 unspecified atom stereocenters. The molecule has 0 saturated carbocycles. The second-order valence-electron chi connectivity index (χ2n) is 6.08. The molecule has 2 aromatic rings. The molecule has 6 nitrogen and oxygen atoms in total. The van der Waals surface area contributed by atoms with Crippen LogP contribution >= 0.6 is 23.2 Å². The summed E-state index contributed by atoms with van der Waals surface area (Å²) in [5.41, 5.74) is 0.649. The van der Waals surface area contributed by atoms with E-state index in [1.807, 2.05) is 6.07 Å². The van der Waals surface area contributed by atoms with E-state index in [0.717, 1.165) is 0 Å². The number of rotatable bonds is 5. The normalized spacial score (nSPS) is 21.0. The highest BCUT2D eigenvalue weighted by molar-refractivity contribution is 6.30. The summed E-state index contributed by atoms with van der Waals surface area (Å²) < 4.78 is 16.2. The Morgan fingerprint density at radius 1 is 1.00 bits per heavy atom. The van der Waals surface area contributed by atoms with E-state index in [1.165, 1.54) is 24.3 Å². The summed E-state index contributed by atoms with van der Waals surface area (Å²) in [4.78, 5) is 24.5. The van der Waals surface area contributed by atoms with Crippen LogP contribution in [0.3, 0.4) is 0 Å². The first-order chi connectivity index (χ1) is 13.5. The van der Waals surface area contributed by atoms with Crippen molar-refractivity contribution in [1.82, 2.24) is 0 Å². The lowest BCUT2D eigenvalue weighted by molar-refractivity contribution is -0.0349. The molecule has 1 aliphatic rings. The Balaban J connectivity index is 1.62. The van der Waals surface area contributed by atoms with Crippen LogP contribution in [0.5, 0.6) is 0 Å². The smallest absolute Gasteiger partial charge is 0.338 e. The maximum Gasteiger partial charge on any atom is 0.338 e. The molecule has 144 valence electrons. The molecule has 0 N–H and O–H groups in total. The van der Waals surface area contributed by atoms with Crippen molar-refractivity contribution in [2.24, 2.45) is 0 Å². The van der Waals surface area contributed by atoms with E-state index >= 15 is 0 Å². The van der Waals surface area contributed by atoms with E-state index in [0.29, 0.717) is 21.2 Å². The number of nitrogens with zero attached hydrogens (tertiary/aromatic N) is 1. The molecular weight excluding hydrogens is 405 g/mol. The maximum atomic E-state index is 12.3. The molecule has 1 aliphatic heterocycles. The molecule has 1 fully saturated rings. The summed E-state index contributed by atoms with van der Waals surface area (Å²) >= 11 is 11.6. The molecule has 1 saturated heterocycles. The minimum Gasteiger partial charge on any atom is -0.459 e. The number of hydrogen-bond donors (Lipinski definition) is 0. The first kappa shape index (κ1) is 20.2. The quantitative estimate of drug-likeness (QED) is 0.679. The Morgan fingerprint density at radius 3 is 2.07 bits per heavy atom. The molecular formula is C20H15Cl2NO5. The largest absolute Gasteiger partial charge is 0.459 e. The minimum absolute atomic E-state index is 0.155. The fraction of sp³-hybridized carbons (Fsp3) is 0.250. The van der Waals surface area contributed by atoms with Crippen LogP contribution in [-0.4, -0.2) is 36.9 Å². The van der Waals surface area contributed by atoms with Crippen LogP contribution in [0.2, 0.25) is 10.0 Å². The Labute approximate surface area is 171 Å². The van der Waals surface area contributed by atoms with E-state index in [2.05, 4.69) is 0 Å². The molecule has 28 heavy (non-hydrogen) atoms. The van der Waals surface area contributed by atoms with Gasteiger partial charge in [0.2, 0.25) is 0 Å². The molecule has 3 atom stereocenters. The van der Waals surface area contributed by atoms with Gasteiger partial charge in [0.25, 0.3) is 0 Å². The summed E-state index contributed by atoms with van der Waals surface area (Å²) in [6, 6.07) is 14.4. The summed E-state index contributed by atoms with van der Waals surface area (Å²) in [5, 5.41) is 10.1. The van der Waals surface area contributed by atoms with E-state index in [9.17, 15) is 9.59 Å². The standard InChI is InChI=1S/C20H15Cl2NO5/c21-14-5-1-12(2-6-14)19(24)26-11-18-17(9-16(10-23)27-18)28-20(25)13-3-7-15(22)8-4-13/h1-8,16-18H,9,11H2/t16-,17-,18-/m1/s1. The number of nitriles is 1. The van der Waals surface area contributed by atoms with Gasteiger partial charge in [-0.1, -0.05) is 23.2 Å². The lowest BCUT2D eigenvalue weighted by atomic mass is 10.1. The van der Waals surface area contributed by atoms with Crippen molar-refractivity contribution in [3.8, 4) is 6.07 Å². The number of hydrogen-bond acceptors (Lipinski definition) is 6. The fourth-order valence-electron chi connectivity index (χ4n) is 2.69. The predicted molar refractivity (Wildman–Crippen MR) is 101 cm³/mol. The van der Waals surface area contributed by atoms with Gasteiger partial charge in [-0.15, -0.1) is 0 Å². The highest BCUT2D eigenvalue weighted by atomic mass is 35.5. The van der Waals surface area contributed by atoms with Crippen LogP contribution in [0.15, 0.2) is 48.5 Å². The third-order valence-corrected chi connectivity index (χ3v) is 4.65. The lowest BCUT2D eigenvalue weighted by Gasteiger charge is -2.19. The molecule has 0 spiro atoms. The molecule has 0 radical (unpaired) electrons. The molecule has 0 aromatic heterocycles. The summed E-state index contributed by atoms with van der Waals surface area (Å²) in [6.45, 7) is -0.155. The van der Waals surface area contributed by atoms with Crippen LogP contribution in [0.1, 0.15) is 27.1 Å². The van der Waals surface area contributed by atoms with Gasteiger partial charge >= 0.3 is 11.9 Å².